The lowest BCUT2D eigenvalue weighted by Gasteiger charge is -2.40. The first-order valence-corrected chi connectivity index (χ1v) is 5.51. The summed E-state index contributed by atoms with van der Waals surface area (Å²) in [5, 5.41) is 5.81. The number of carbonyl (C=O) groups is 1. The highest BCUT2D eigenvalue weighted by molar-refractivity contribution is 5.74. The molecule has 82 valence electrons. The molecule has 0 aromatic heterocycles. The maximum absolute atomic E-state index is 11.2. The lowest BCUT2D eigenvalue weighted by molar-refractivity contribution is 0.108. The summed E-state index contributed by atoms with van der Waals surface area (Å²) in [6.07, 6.45) is 1.07. The van der Waals surface area contributed by atoms with E-state index in [1.807, 2.05) is 0 Å². The fourth-order valence-corrected chi connectivity index (χ4v) is 2.46. The van der Waals surface area contributed by atoms with E-state index < -0.39 is 0 Å². The summed E-state index contributed by atoms with van der Waals surface area (Å²) in [6, 6.07) is -0.0202. The van der Waals surface area contributed by atoms with Gasteiger partial charge >= 0.3 is 6.03 Å². The van der Waals surface area contributed by atoms with E-state index in [4.69, 9.17) is 0 Å². The third kappa shape index (κ3) is 2.02. The van der Waals surface area contributed by atoms with Crippen LogP contribution in [0.15, 0.2) is 0 Å². The molecule has 0 aliphatic carbocycles. The minimum absolute atomic E-state index is 0.0202. The molecule has 1 aliphatic heterocycles. The Bertz CT molecular complexity index is 203. The van der Waals surface area contributed by atoms with E-state index >= 15 is 0 Å². The van der Waals surface area contributed by atoms with E-state index in [0.717, 1.165) is 19.5 Å². The zero-order valence-corrected chi connectivity index (χ0v) is 9.68. The van der Waals surface area contributed by atoms with E-state index in [1.165, 1.54) is 0 Å². The number of urea groups is 1. The van der Waals surface area contributed by atoms with Crippen LogP contribution < -0.4 is 10.6 Å². The monoisotopic (exact) mass is 198 g/mol. The van der Waals surface area contributed by atoms with Gasteiger partial charge in [-0.05, 0) is 23.7 Å². The highest BCUT2D eigenvalue weighted by Gasteiger charge is 2.38. The molecule has 0 aromatic rings. The molecule has 0 bridgehead atoms. The largest absolute Gasteiger partial charge is 0.338 e. The summed E-state index contributed by atoms with van der Waals surface area (Å²) >= 11 is 0. The molecular formula is C11H22N2O. The van der Waals surface area contributed by atoms with Crippen molar-refractivity contribution in [2.24, 2.45) is 17.3 Å². The van der Waals surface area contributed by atoms with Crippen LogP contribution in [0.4, 0.5) is 4.79 Å². The highest BCUT2D eigenvalue weighted by atomic mass is 16.2. The van der Waals surface area contributed by atoms with Crippen molar-refractivity contribution in [3.8, 4) is 0 Å². The smallest absolute Gasteiger partial charge is 0.314 e. The van der Waals surface area contributed by atoms with Crippen LogP contribution >= 0.6 is 0 Å². The molecule has 3 heteroatoms. The SMILES string of the molecule is CC(C)C1(C(C)C)CCNC(=O)NC1. The van der Waals surface area contributed by atoms with Gasteiger partial charge < -0.3 is 10.6 Å². The summed E-state index contributed by atoms with van der Waals surface area (Å²) in [5.74, 6) is 1.20. The van der Waals surface area contributed by atoms with Crippen LogP contribution in [0.2, 0.25) is 0 Å². The molecule has 1 fully saturated rings. The standard InChI is InChI=1S/C11H22N2O/c1-8(2)11(9(3)4)5-6-12-10(14)13-7-11/h8-9H,5-7H2,1-4H3,(H2,12,13,14). The number of hydrogen-bond acceptors (Lipinski definition) is 1. The molecule has 0 radical (unpaired) electrons. The van der Waals surface area contributed by atoms with Gasteiger partial charge in [-0.3, -0.25) is 0 Å². The Kier molecular flexibility index (Phi) is 3.40. The molecule has 1 heterocycles. The minimum atomic E-state index is -0.0202. The predicted octanol–water partition coefficient (Wildman–Crippen LogP) is 1.99. The van der Waals surface area contributed by atoms with Crippen LogP contribution in [-0.4, -0.2) is 19.1 Å². The number of nitrogens with one attached hydrogen (secondary N) is 2. The van der Waals surface area contributed by atoms with Crippen molar-refractivity contribution >= 4 is 6.03 Å². The van der Waals surface area contributed by atoms with Gasteiger partial charge in [0.25, 0.3) is 0 Å². The Morgan fingerprint density at radius 1 is 1.14 bits per heavy atom. The van der Waals surface area contributed by atoms with Crippen molar-refractivity contribution in [1.29, 1.82) is 0 Å². The van der Waals surface area contributed by atoms with Crippen LogP contribution in [0.1, 0.15) is 34.1 Å². The third-order valence-corrected chi connectivity index (χ3v) is 3.75. The van der Waals surface area contributed by atoms with Crippen LogP contribution in [0.25, 0.3) is 0 Å². The van der Waals surface area contributed by atoms with Gasteiger partial charge in [0.2, 0.25) is 0 Å². The maximum atomic E-state index is 11.2. The van der Waals surface area contributed by atoms with Crippen LogP contribution in [0.5, 0.6) is 0 Å². The Morgan fingerprint density at radius 3 is 2.21 bits per heavy atom. The number of amides is 2. The molecule has 14 heavy (non-hydrogen) atoms. The Labute approximate surface area is 86.6 Å². The van der Waals surface area contributed by atoms with Gasteiger partial charge in [0, 0.05) is 13.1 Å². The van der Waals surface area contributed by atoms with Crippen LogP contribution in [-0.2, 0) is 0 Å². The molecule has 1 rings (SSSR count). The van der Waals surface area contributed by atoms with Crippen molar-refractivity contribution in [3.63, 3.8) is 0 Å². The molecule has 2 amide bonds. The van der Waals surface area contributed by atoms with Gasteiger partial charge in [0.15, 0.2) is 0 Å². The summed E-state index contributed by atoms with van der Waals surface area (Å²) in [5.41, 5.74) is 0.249. The molecule has 0 atom stereocenters. The van der Waals surface area contributed by atoms with Gasteiger partial charge in [0.05, 0.1) is 0 Å². The van der Waals surface area contributed by atoms with Crippen molar-refractivity contribution in [1.82, 2.24) is 10.6 Å². The fourth-order valence-electron chi connectivity index (χ4n) is 2.46. The quantitative estimate of drug-likeness (QED) is 0.700. The van der Waals surface area contributed by atoms with E-state index in [0.29, 0.717) is 11.8 Å². The molecule has 3 nitrogen and oxygen atoms in total. The lowest BCUT2D eigenvalue weighted by atomic mass is 9.67. The molecule has 0 saturated carbocycles. The first-order valence-electron chi connectivity index (χ1n) is 5.51. The lowest BCUT2D eigenvalue weighted by Crippen LogP contribution is -2.42. The maximum Gasteiger partial charge on any atom is 0.314 e. The Balaban J connectivity index is 2.81. The fraction of sp³-hybridized carbons (Fsp3) is 0.909. The molecule has 2 N–H and O–H groups in total. The van der Waals surface area contributed by atoms with Gasteiger partial charge in [-0.1, -0.05) is 27.7 Å². The topological polar surface area (TPSA) is 41.1 Å². The molecule has 1 aliphatic rings. The average Bonchev–Trinajstić information content (AvgIpc) is 2.27. The first-order chi connectivity index (χ1) is 6.49. The summed E-state index contributed by atoms with van der Waals surface area (Å²) in [6.45, 7) is 10.6. The van der Waals surface area contributed by atoms with Crippen LogP contribution in [0, 0.1) is 17.3 Å². The van der Waals surface area contributed by atoms with Crippen molar-refractivity contribution in [2.75, 3.05) is 13.1 Å². The normalized spacial score (nSPS) is 21.7. The van der Waals surface area contributed by atoms with Crippen molar-refractivity contribution in [3.05, 3.63) is 0 Å². The highest BCUT2D eigenvalue weighted by Crippen LogP contribution is 2.39. The van der Waals surface area contributed by atoms with E-state index in [1.54, 1.807) is 0 Å². The van der Waals surface area contributed by atoms with Gasteiger partial charge in [-0.15, -0.1) is 0 Å². The average molecular weight is 198 g/mol. The van der Waals surface area contributed by atoms with E-state index in [-0.39, 0.29) is 11.4 Å². The second-order valence-corrected chi connectivity index (χ2v) is 4.90. The summed E-state index contributed by atoms with van der Waals surface area (Å²) < 4.78 is 0. The van der Waals surface area contributed by atoms with E-state index in [9.17, 15) is 4.79 Å². The second-order valence-electron chi connectivity index (χ2n) is 4.90. The first kappa shape index (κ1) is 11.3. The zero-order chi connectivity index (χ0) is 10.8. The molecular weight excluding hydrogens is 176 g/mol. The third-order valence-electron chi connectivity index (χ3n) is 3.75. The summed E-state index contributed by atoms with van der Waals surface area (Å²) in [4.78, 5) is 11.2. The molecule has 1 saturated heterocycles. The Hall–Kier alpha value is -0.730. The summed E-state index contributed by atoms with van der Waals surface area (Å²) in [7, 11) is 0. The zero-order valence-electron chi connectivity index (χ0n) is 9.68. The van der Waals surface area contributed by atoms with Crippen molar-refractivity contribution in [2.45, 2.75) is 34.1 Å². The van der Waals surface area contributed by atoms with Gasteiger partial charge in [-0.2, -0.15) is 0 Å². The van der Waals surface area contributed by atoms with Gasteiger partial charge in [0.1, 0.15) is 0 Å². The second kappa shape index (κ2) is 4.20. The van der Waals surface area contributed by atoms with Crippen molar-refractivity contribution < 1.29 is 4.79 Å². The minimum Gasteiger partial charge on any atom is -0.338 e. The van der Waals surface area contributed by atoms with Gasteiger partial charge in [-0.25, -0.2) is 4.79 Å². The number of carbonyl (C=O) groups excluding carboxylic acids is 1. The van der Waals surface area contributed by atoms with E-state index in [2.05, 4.69) is 38.3 Å². The van der Waals surface area contributed by atoms with Crippen LogP contribution in [0.3, 0.4) is 0 Å². The predicted molar refractivity (Wildman–Crippen MR) is 58.1 cm³/mol. The molecule has 0 aromatic carbocycles. The Morgan fingerprint density at radius 2 is 1.71 bits per heavy atom. The number of rotatable bonds is 2. The number of hydrogen-bond donors (Lipinski definition) is 2. The molecule has 0 unspecified atom stereocenters. The molecule has 0 spiro atoms.